The van der Waals surface area contributed by atoms with Crippen molar-refractivity contribution in [3.05, 3.63) is 59.7 Å². The van der Waals surface area contributed by atoms with Gasteiger partial charge in [-0.15, -0.1) is 0 Å². The van der Waals surface area contributed by atoms with Gasteiger partial charge < -0.3 is 35.6 Å². The van der Waals surface area contributed by atoms with Gasteiger partial charge in [0.25, 0.3) is 0 Å². The Hall–Kier alpha value is -5.47. The number of carbonyl (C=O) groups is 7. The van der Waals surface area contributed by atoms with Gasteiger partial charge in [0, 0.05) is 26.6 Å². The van der Waals surface area contributed by atoms with Crippen molar-refractivity contribution in [3.8, 4) is 11.1 Å². The van der Waals surface area contributed by atoms with Crippen LogP contribution in [0.15, 0.2) is 48.5 Å². The number of hydrogen-bond donors (Lipinski definition) is 4. The van der Waals surface area contributed by atoms with Crippen LogP contribution < -0.4 is 16.0 Å². The lowest BCUT2D eigenvalue weighted by Gasteiger charge is -2.34. The van der Waals surface area contributed by atoms with Crippen molar-refractivity contribution in [2.24, 2.45) is 11.8 Å². The summed E-state index contributed by atoms with van der Waals surface area (Å²) in [6.07, 6.45) is 0.664. The standard InChI is InChI=1S/C43H60N6O9/c1-24(2)21-34(46-38(51)28(7)47(8)43(57)58-23-33-31-17-12-10-15-29(31)30-16-11-13-18-32(30)33)41(54)48(9)36(22-25(3)4)39(52)44-26(5)37(50)45-27(6)40(53)49-20-14-19-35(49)42(55)56/h10-13,15-18,24-28,33-36H,14,19-23H2,1-9H3,(H,44,52)(H,45,50)(H,46,51)(H,55,56)/t26-,27-,28-,34-,35-,36-/m0/s1. The van der Waals surface area contributed by atoms with Gasteiger partial charge in [-0.05, 0) is 80.5 Å². The number of ether oxygens (including phenoxy) is 1. The van der Waals surface area contributed by atoms with Crippen LogP contribution in [0.4, 0.5) is 4.79 Å². The largest absolute Gasteiger partial charge is 0.480 e. The number of nitrogens with one attached hydrogen (secondary N) is 3. The van der Waals surface area contributed by atoms with Crippen molar-refractivity contribution in [1.82, 2.24) is 30.7 Å². The number of carboxylic acids is 1. The Bertz CT molecular complexity index is 1800. The summed E-state index contributed by atoms with van der Waals surface area (Å²) >= 11 is 0. The van der Waals surface area contributed by atoms with Crippen molar-refractivity contribution in [2.45, 2.75) is 116 Å². The second-order valence-electron chi connectivity index (χ2n) is 16.4. The van der Waals surface area contributed by atoms with E-state index in [4.69, 9.17) is 4.74 Å². The maximum absolute atomic E-state index is 14.1. The summed E-state index contributed by atoms with van der Waals surface area (Å²) in [5, 5.41) is 17.5. The zero-order chi connectivity index (χ0) is 43.0. The van der Waals surface area contributed by atoms with Gasteiger partial charge in [-0.25, -0.2) is 9.59 Å². The van der Waals surface area contributed by atoms with Crippen LogP contribution >= 0.6 is 0 Å². The monoisotopic (exact) mass is 804 g/mol. The Morgan fingerprint density at radius 2 is 1.29 bits per heavy atom. The quantitative estimate of drug-likeness (QED) is 0.184. The third kappa shape index (κ3) is 10.7. The molecule has 0 aromatic heterocycles. The van der Waals surface area contributed by atoms with E-state index >= 15 is 0 Å². The number of amides is 6. The number of rotatable bonds is 17. The minimum Gasteiger partial charge on any atom is -0.480 e. The van der Waals surface area contributed by atoms with E-state index in [2.05, 4.69) is 16.0 Å². The molecular formula is C43H60N6O9. The van der Waals surface area contributed by atoms with Crippen molar-refractivity contribution >= 4 is 41.6 Å². The molecule has 1 fully saturated rings. The molecule has 4 rings (SSSR count). The van der Waals surface area contributed by atoms with Crippen molar-refractivity contribution in [3.63, 3.8) is 0 Å². The van der Waals surface area contributed by atoms with Gasteiger partial charge >= 0.3 is 12.1 Å². The second-order valence-corrected chi connectivity index (χ2v) is 16.4. The topological polar surface area (TPSA) is 195 Å². The number of benzene rings is 2. The Balaban J connectivity index is 1.38. The van der Waals surface area contributed by atoms with E-state index in [1.165, 1.54) is 42.6 Å². The number of likely N-dealkylation sites (tertiary alicyclic amines) is 1. The summed E-state index contributed by atoms with van der Waals surface area (Å²) in [6.45, 7) is 12.4. The molecule has 0 unspecified atom stereocenters. The smallest absolute Gasteiger partial charge is 0.410 e. The predicted octanol–water partition coefficient (Wildman–Crippen LogP) is 3.74. The van der Waals surface area contributed by atoms with Crippen LogP contribution in [0.1, 0.15) is 91.2 Å². The first-order valence-corrected chi connectivity index (χ1v) is 20.1. The first-order chi connectivity index (χ1) is 27.3. The molecule has 1 saturated heterocycles. The molecule has 0 spiro atoms. The van der Waals surface area contributed by atoms with E-state index in [-0.39, 0.29) is 43.7 Å². The first kappa shape index (κ1) is 45.2. The Morgan fingerprint density at radius 3 is 1.84 bits per heavy atom. The van der Waals surface area contributed by atoms with Gasteiger partial charge in [0.15, 0.2) is 0 Å². The lowest BCUT2D eigenvalue weighted by atomic mass is 9.98. The fourth-order valence-corrected chi connectivity index (χ4v) is 7.61. The van der Waals surface area contributed by atoms with Crippen LogP contribution in [0.25, 0.3) is 11.1 Å². The van der Waals surface area contributed by atoms with E-state index < -0.39 is 77.8 Å². The minimum atomic E-state index is -1.11. The summed E-state index contributed by atoms with van der Waals surface area (Å²) in [7, 11) is 2.94. The highest BCUT2D eigenvalue weighted by Gasteiger charge is 2.38. The predicted molar refractivity (Wildman–Crippen MR) is 217 cm³/mol. The average molecular weight is 805 g/mol. The third-order valence-electron chi connectivity index (χ3n) is 11.0. The zero-order valence-electron chi connectivity index (χ0n) is 35.1. The molecule has 6 atom stereocenters. The lowest BCUT2D eigenvalue weighted by molar-refractivity contribution is -0.149. The molecular weight excluding hydrogens is 745 g/mol. The number of hydrogen-bond acceptors (Lipinski definition) is 8. The Labute approximate surface area is 341 Å². The maximum Gasteiger partial charge on any atom is 0.410 e. The fraction of sp³-hybridized carbons (Fsp3) is 0.558. The van der Waals surface area contributed by atoms with Crippen LogP contribution in [-0.2, 0) is 33.5 Å². The van der Waals surface area contributed by atoms with Gasteiger partial charge in [0.2, 0.25) is 29.5 Å². The van der Waals surface area contributed by atoms with Crippen LogP contribution in [0.3, 0.4) is 0 Å². The SMILES string of the molecule is CC(C)C[C@H](NC(=O)[C@H](C)N(C)C(=O)OCC1c2ccccc2-c2ccccc21)C(=O)N(C)[C@@H](CC(C)C)C(=O)N[C@@H](C)C(=O)N[C@@H](C)C(=O)N1CCC[C@H]1C(=O)O. The molecule has 316 valence electrons. The van der Waals surface area contributed by atoms with Crippen molar-refractivity contribution in [2.75, 3.05) is 27.2 Å². The second kappa shape index (κ2) is 19.8. The molecule has 15 heteroatoms. The van der Waals surface area contributed by atoms with Gasteiger partial charge in [0.05, 0.1) is 0 Å². The number of likely N-dealkylation sites (N-methyl/N-ethyl adjacent to an activating group) is 2. The maximum atomic E-state index is 14.1. The highest BCUT2D eigenvalue weighted by molar-refractivity contribution is 5.96. The first-order valence-electron chi connectivity index (χ1n) is 20.1. The summed E-state index contributed by atoms with van der Waals surface area (Å²) in [5.74, 6) is -4.23. The summed E-state index contributed by atoms with van der Waals surface area (Å²) in [5.41, 5.74) is 4.30. The number of fused-ring (bicyclic) bond motifs is 3. The van der Waals surface area contributed by atoms with Crippen LogP contribution in [0.2, 0.25) is 0 Å². The molecule has 2 aromatic carbocycles. The molecule has 2 aromatic rings. The highest BCUT2D eigenvalue weighted by atomic mass is 16.6. The number of aliphatic carboxylic acids is 1. The van der Waals surface area contributed by atoms with Crippen molar-refractivity contribution in [1.29, 1.82) is 0 Å². The summed E-state index contributed by atoms with van der Waals surface area (Å²) in [4.78, 5) is 96.2. The molecule has 2 aliphatic rings. The normalized spacial score (nSPS) is 17.3. The van der Waals surface area contributed by atoms with Crippen LogP contribution in [0.5, 0.6) is 0 Å². The molecule has 58 heavy (non-hydrogen) atoms. The zero-order valence-corrected chi connectivity index (χ0v) is 35.1. The molecule has 0 saturated carbocycles. The van der Waals surface area contributed by atoms with E-state index in [0.717, 1.165) is 22.3 Å². The number of nitrogens with zero attached hydrogens (tertiary/aromatic N) is 3. The summed E-state index contributed by atoms with van der Waals surface area (Å²) in [6, 6.07) is 9.81. The van der Waals surface area contributed by atoms with Crippen LogP contribution in [-0.4, -0.2) is 125 Å². The highest BCUT2D eigenvalue weighted by Crippen LogP contribution is 2.44. The number of carbonyl (C=O) groups excluding carboxylic acids is 6. The van der Waals surface area contributed by atoms with E-state index in [0.29, 0.717) is 12.8 Å². The lowest BCUT2D eigenvalue weighted by Crippen LogP contribution is -2.59. The molecule has 0 bridgehead atoms. The van der Waals surface area contributed by atoms with Crippen molar-refractivity contribution < 1.29 is 43.4 Å². The van der Waals surface area contributed by atoms with Gasteiger partial charge in [-0.2, -0.15) is 0 Å². The average Bonchev–Trinajstić information content (AvgIpc) is 3.80. The van der Waals surface area contributed by atoms with Gasteiger partial charge in [-0.3, -0.25) is 28.9 Å². The van der Waals surface area contributed by atoms with Crippen LogP contribution in [0, 0.1) is 11.8 Å². The molecule has 1 heterocycles. The molecule has 15 nitrogen and oxygen atoms in total. The minimum absolute atomic E-state index is 0.0325. The molecule has 1 aliphatic carbocycles. The number of carboxylic acid groups (broad SMARTS) is 1. The molecule has 6 amide bonds. The molecule has 4 N–H and O–H groups in total. The fourth-order valence-electron chi connectivity index (χ4n) is 7.61. The van der Waals surface area contributed by atoms with E-state index in [9.17, 15) is 38.7 Å². The summed E-state index contributed by atoms with van der Waals surface area (Å²) < 4.78 is 5.76. The Morgan fingerprint density at radius 1 is 0.741 bits per heavy atom. The van der Waals surface area contributed by atoms with E-state index in [1.807, 2.05) is 76.2 Å². The molecule has 1 aliphatic heterocycles. The van der Waals surface area contributed by atoms with Gasteiger partial charge in [0.1, 0.15) is 42.9 Å². The van der Waals surface area contributed by atoms with E-state index in [1.54, 1.807) is 6.92 Å². The Kier molecular flexibility index (Phi) is 15.4. The van der Waals surface area contributed by atoms with Gasteiger partial charge in [-0.1, -0.05) is 76.2 Å². The molecule has 0 radical (unpaired) electrons. The third-order valence-corrected chi connectivity index (χ3v) is 11.0.